The summed E-state index contributed by atoms with van der Waals surface area (Å²) >= 11 is 0. The van der Waals surface area contributed by atoms with Crippen molar-refractivity contribution in [3.05, 3.63) is 17.6 Å². The van der Waals surface area contributed by atoms with Crippen molar-refractivity contribution in [3.8, 4) is 5.88 Å². The van der Waals surface area contributed by atoms with E-state index < -0.39 is 23.5 Å². The second-order valence-corrected chi connectivity index (χ2v) is 2.25. The lowest BCUT2D eigenvalue weighted by atomic mass is 10.2. The molecular formula is C7H7F3N2O. The molecule has 0 atom stereocenters. The summed E-state index contributed by atoms with van der Waals surface area (Å²) in [6.45, 7) is 0. The number of rotatable bonds is 2. The van der Waals surface area contributed by atoms with Crippen LogP contribution in [-0.2, 0) is 0 Å². The number of pyridine rings is 1. The van der Waals surface area contributed by atoms with Crippen molar-refractivity contribution < 1.29 is 17.9 Å². The molecule has 0 spiro atoms. The first kappa shape index (κ1) is 9.63. The molecule has 1 aromatic rings. The van der Waals surface area contributed by atoms with Gasteiger partial charge in [-0.3, -0.25) is 0 Å². The third kappa shape index (κ3) is 1.66. The van der Waals surface area contributed by atoms with Gasteiger partial charge in [-0.05, 0) is 0 Å². The van der Waals surface area contributed by atoms with E-state index in [0.29, 0.717) is 0 Å². The Morgan fingerprint density at radius 1 is 1.54 bits per heavy atom. The number of methoxy groups -OCH3 is 1. The van der Waals surface area contributed by atoms with Crippen molar-refractivity contribution >= 4 is 5.69 Å². The smallest absolute Gasteiger partial charge is 0.267 e. The number of alkyl halides is 2. The summed E-state index contributed by atoms with van der Waals surface area (Å²) in [5, 5.41) is 0. The van der Waals surface area contributed by atoms with Crippen molar-refractivity contribution in [2.24, 2.45) is 0 Å². The van der Waals surface area contributed by atoms with Crippen molar-refractivity contribution in [2.75, 3.05) is 12.8 Å². The maximum absolute atomic E-state index is 13.0. The first-order chi connectivity index (χ1) is 6.07. The number of halogens is 3. The highest BCUT2D eigenvalue weighted by atomic mass is 19.3. The van der Waals surface area contributed by atoms with Crippen LogP contribution in [0.5, 0.6) is 5.88 Å². The van der Waals surface area contributed by atoms with Crippen LogP contribution in [0.3, 0.4) is 0 Å². The summed E-state index contributed by atoms with van der Waals surface area (Å²) in [5.41, 5.74) is 3.84. The zero-order valence-corrected chi connectivity index (χ0v) is 6.72. The van der Waals surface area contributed by atoms with E-state index in [1.54, 1.807) is 0 Å². The van der Waals surface area contributed by atoms with Gasteiger partial charge in [0.1, 0.15) is 0 Å². The van der Waals surface area contributed by atoms with Gasteiger partial charge in [0.15, 0.2) is 0 Å². The van der Waals surface area contributed by atoms with E-state index in [1.165, 1.54) is 7.11 Å². The van der Waals surface area contributed by atoms with Crippen LogP contribution < -0.4 is 10.5 Å². The number of nitrogens with two attached hydrogens (primary N) is 1. The minimum Gasteiger partial charge on any atom is -0.479 e. The summed E-state index contributed by atoms with van der Waals surface area (Å²) in [6, 6.07) is 0. The van der Waals surface area contributed by atoms with E-state index in [1.807, 2.05) is 0 Å². The van der Waals surface area contributed by atoms with E-state index >= 15 is 0 Å². The Bertz CT molecular complexity index is 317. The summed E-state index contributed by atoms with van der Waals surface area (Å²) < 4.78 is 41.7. The third-order valence-corrected chi connectivity index (χ3v) is 1.48. The van der Waals surface area contributed by atoms with E-state index in [0.717, 1.165) is 6.20 Å². The molecule has 0 fully saturated rings. The molecule has 0 aliphatic heterocycles. The predicted molar refractivity (Wildman–Crippen MR) is 40.1 cm³/mol. The monoisotopic (exact) mass is 192 g/mol. The highest BCUT2D eigenvalue weighted by Gasteiger charge is 2.18. The van der Waals surface area contributed by atoms with Crippen LogP contribution in [0.2, 0.25) is 0 Å². The molecule has 0 saturated carbocycles. The summed E-state index contributed by atoms with van der Waals surface area (Å²) in [7, 11) is 1.17. The van der Waals surface area contributed by atoms with Crippen LogP contribution in [0.15, 0.2) is 6.20 Å². The highest BCUT2D eigenvalue weighted by molar-refractivity contribution is 5.50. The van der Waals surface area contributed by atoms with Gasteiger partial charge in [-0.15, -0.1) is 0 Å². The van der Waals surface area contributed by atoms with Gasteiger partial charge in [0.2, 0.25) is 5.82 Å². The summed E-state index contributed by atoms with van der Waals surface area (Å²) in [5.74, 6) is -1.44. The lowest BCUT2D eigenvalue weighted by Crippen LogP contribution is -2.02. The van der Waals surface area contributed by atoms with Gasteiger partial charge in [-0.25, -0.2) is 13.8 Å². The van der Waals surface area contributed by atoms with E-state index in [2.05, 4.69) is 9.72 Å². The molecule has 0 aliphatic carbocycles. The Morgan fingerprint density at radius 3 is 2.62 bits per heavy atom. The Hall–Kier alpha value is -1.46. The molecule has 6 heteroatoms. The molecule has 0 bridgehead atoms. The minimum absolute atomic E-state index is 0.387. The molecule has 0 radical (unpaired) electrons. The standard InChI is InChI=1S/C7H7F3N2O/c1-13-7-4(8)5(11)3(2-12-7)6(9)10/h2,6H,1H3,(H2,11,12). The minimum atomic E-state index is -2.84. The average molecular weight is 192 g/mol. The normalized spacial score (nSPS) is 10.5. The molecule has 1 aromatic heterocycles. The van der Waals surface area contributed by atoms with Crippen LogP contribution in [0, 0.1) is 5.82 Å². The zero-order valence-electron chi connectivity index (χ0n) is 6.72. The molecule has 1 heterocycles. The van der Waals surface area contributed by atoms with Gasteiger partial charge in [-0.2, -0.15) is 4.39 Å². The highest BCUT2D eigenvalue weighted by Crippen LogP contribution is 2.29. The number of ether oxygens (including phenoxy) is 1. The fraction of sp³-hybridized carbons (Fsp3) is 0.286. The Morgan fingerprint density at radius 2 is 2.15 bits per heavy atom. The zero-order chi connectivity index (χ0) is 10.0. The van der Waals surface area contributed by atoms with Crippen LogP contribution in [0.4, 0.5) is 18.9 Å². The van der Waals surface area contributed by atoms with Crippen molar-refractivity contribution in [2.45, 2.75) is 6.43 Å². The number of aromatic nitrogens is 1. The van der Waals surface area contributed by atoms with Crippen molar-refractivity contribution in [1.29, 1.82) is 0 Å². The number of hydrogen-bond acceptors (Lipinski definition) is 3. The van der Waals surface area contributed by atoms with E-state index in [4.69, 9.17) is 5.73 Å². The second-order valence-electron chi connectivity index (χ2n) is 2.25. The fourth-order valence-electron chi connectivity index (χ4n) is 0.813. The maximum Gasteiger partial charge on any atom is 0.267 e. The maximum atomic E-state index is 13.0. The van der Waals surface area contributed by atoms with Gasteiger partial charge in [0.25, 0.3) is 12.3 Å². The molecule has 0 amide bonds. The van der Waals surface area contributed by atoms with Gasteiger partial charge in [-0.1, -0.05) is 0 Å². The second kappa shape index (κ2) is 3.51. The summed E-state index contributed by atoms with van der Waals surface area (Å²) in [6.07, 6.45) is -2.05. The molecule has 1 rings (SSSR count). The molecule has 72 valence electrons. The van der Waals surface area contributed by atoms with E-state index in [-0.39, 0.29) is 5.88 Å². The van der Waals surface area contributed by atoms with E-state index in [9.17, 15) is 13.2 Å². The average Bonchev–Trinajstić information content (AvgIpc) is 2.09. The molecule has 0 saturated heterocycles. The van der Waals surface area contributed by atoms with Gasteiger partial charge >= 0.3 is 0 Å². The Kier molecular flexibility index (Phi) is 2.60. The third-order valence-electron chi connectivity index (χ3n) is 1.48. The molecule has 2 N–H and O–H groups in total. The first-order valence-corrected chi connectivity index (χ1v) is 3.34. The predicted octanol–water partition coefficient (Wildman–Crippen LogP) is 1.75. The number of hydrogen-bond donors (Lipinski definition) is 1. The number of nitrogens with zero attached hydrogens (tertiary/aromatic N) is 1. The Labute approximate surface area is 72.3 Å². The summed E-state index contributed by atoms with van der Waals surface area (Å²) in [4.78, 5) is 3.32. The van der Waals surface area contributed by atoms with Crippen LogP contribution >= 0.6 is 0 Å². The van der Waals surface area contributed by atoms with Gasteiger partial charge in [0, 0.05) is 6.20 Å². The van der Waals surface area contributed by atoms with Crippen LogP contribution in [0.25, 0.3) is 0 Å². The first-order valence-electron chi connectivity index (χ1n) is 3.34. The largest absolute Gasteiger partial charge is 0.479 e. The molecule has 13 heavy (non-hydrogen) atoms. The number of anilines is 1. The van der Waals surface area contributed by atoms with Crippen LogP contribution in [0.1, 0.15) is 12.0 Å². The topological polar surface area (TPSA) is 48.1 Å². The molecule has 0 aliphatic rings. The molecule has 0 aromatic carbocycles. The molecule has 3 nitrogen and oxygen atoms in total. The van der Waals surface area contributed by atoms with Gasteiger partial charge < -0.3 is 10.5 Å². The van der Waals surface area contributed by atoms with Crippen molar-refractivity contribution in [1.82, 2.24) is 4.98 Å². The van der Waals surface area contributed by atoms with Gasteiger partial charge in [0.05, 0.1) is 18.4 Å². The SMILES string of the molecule is COc1ncc(C(F)F)c(N)c1F. The quantitative estimate of drug-likeness (QED) is 0.776. The van der Waals surface area contributed by atoms with Crippen LogP contribution in [-0.4, -0.2) is 12.1 Å². The lowest BCUT2D eigenvalue weighted by molar-refractivity contribution is 0.151. The molecular weight excluding hydrogens is 185 g/mol. The Balaban J connectivity index is 3.23. The molecule has 0 unspecified atom stereocenters. The number of nitrogen functional groups attached to an aromatic ring is 1. The fourth-order valence-corrected chi connectivity index (χ4v) is 0.813. The lowest BCUT2D eigenvalue weighted by Gasteiger charge is -2.07. The van der Waals surface area contributed by atoms with Crippen molar-refractivity contribution in [3.63, 3.8) is 0 Å².